The second kappa shape index (κ2) is 5.75. The summed E-state index contributed by atoms with van der Waals surface area (Å²) in [5.41, 5.74) is -1.91. The molecule has 118 valence electrons. The van der Waals surface area contributed by atoms with Crippen molar-refractivity contribution in [2.75, 3.05) is 7.05 Å². The number of hydrogen-bond acceptors (Lipinski definition) is 4. The minimum atomic E-state index is -3.79. The fourth-order valence-corrected chi connectivity index (χ4v) is 2.98. The zero-order valence-corrected chi connectivity index (χ0v) is 13.7. The first-order chi connectivity index (χ1) is 9.40. The predicted octanol–water partition coefficient (Wildman–Crippen LogP) is 0.874. The third kappa shape index (κ3) is 4.03. The van der Waals surface area contributed by atoms with Crippen LogP contribution in [-0.4, -0.2) is 37.6 Å². The lowest BCUT2D eigenvalue weighted by Crippen LogP contribution is -2.57. The van der Waals surface area contributed by atoms with Crippen LogP contribution in [0, 0.1) is 0 Å². The van der Waals surface area contributed by atoms with E-state index in [-0.39, 0.29) is 10.8 Å². The lowest BCUT2D eigenvalue weighted by atomic mass is 9.87. The molecule has 0 aromatic heterocycles. The Bertz CT molecular complexity index is 613. The van der Waals surface area contributed by atoms with Gasteiger partial charge >= 0.3 is 0 Å². The Morgan fingerprint density at radius 2 is 1.57 bits per heavy atom. The summed E-state index contributed by atoms with van der Waals surface area (Å²) >= 11 is 0. The van der Waals surface area contributed by atoms with Gasteiger partial charge in [0.1, 0.15) is 0 Å². The van der Waals surface area contributed by atoms with E-state index in [1.165, 1.54) is 45.2 Å². The van der Waals surface area contributed by atoms with Crippen molar-refractivity contribution in [3.63, 3.8) is 0 Å². The summed E-state index contributed by atoms with van der Waals surface area (Å²) in [6, 6.07) is 5.58. The van der Waals surface area contributed by atoms with Crippen molar-refractivity contribution in [3.8, 4) is 0 Å². The van der Waals surface area contributed by atoms with Crippen LogP contribution in [0.4, 0.5) is 0 Å². The molecule has 1 amide bonds. The Kier molecular flexibility index (Phi) is 4.82. The summed E-state index contributed by atoms with van der Waals surface area (Å²) in [5.74, 6) is -0.288. The van der Waals surface area contributed by atoms with Gasteiger partial charge in [-0.1, -0.05) is 0 Å². The van der Waals surface area contributed by atoms with Gasteiger partial charge in [0.2, 0.25) is 10.0 Å². The summed E-state index contributed by atoms with van der Waals surface area (Å²) in [7, 11) is -2.29. The van der Waals surface area contributed by atoms with Crippen molar-refractivity contribution in [3.05, 3.63) is 29.8 Å². The maximum absolute atomic E-state index is 12.3. The maximum atomic E-state index is 12.3. The Morgan fingerprint density at radius 3 is 1.95 bits per heavy atom. The Hall–Kier alpha value is -1.44. The lowest BCUT2D eigenvalue weighted by molar-refractivity contribution is 0.00638. The molecule has 0 aliphatic carbocycles. The molecule has 0 radical (unpaired) electrons. The molecule has 1 rings (SSSR count). The molecule has 21 heavy (non-hydrogen) atoms. The van der Waals surface area contributed by atoms with Gasteiger partial charge in [-0.3, -0.25) is 4.79 Å². The lowest BCUT2D eigenvalue weighted by Gasteiger charge is -2.37. The average Bonchev–Trinajstić information content (AvgIpc) is 2.35. The summed E-state index contributed by atoms with van der Waals surface area (Å²) in [6.45, 7) is 6.27. The first kappa shape index (κ1) is 17.6. The molecule has 0 spiro atoms. The number of amides is 1. The SMILES string of the molecule is CNC(=O)c1ccc(S(=O)(=O)NC(C)(C)C(C)(C)O)cc1. The largest absolute Gasteiger partial charge is 0.389 e. The fraction of sp³-hybridized carbons (Fsp3) is 0.500. The molecule has 0 fully saturated rings. The van der Waals surface area contributed by atoms with Gasteiger partial charge in [0.25, 0.3) is 5.91 Å². The van der Waals surface area contributed by atoms with Gasteiger partial charge in [-0.2, -0.15) is 0 Å². The first-order valence-corrected chi connectivity index (χ1v) is 7.97. The van der Waals surface area contributed by atoms with E-state index >= 15 is 0 Å². The molecular weight excluding hydrogens is 292 g/mol. The molecule has 0 saturated carbocycles. The van der Waals surface area contributed by atoms with Gasteiger partial charge in [0, 0.05) is 12.6 Å². The fourth-order valence-electron chi connectivity index (χ4n) is 1.45. The van der Waals surface area contributed by atoms with Crippen molar-refractivity contribution in [2.24, 2.45) is 0 Å². The number of benzene rings is 1. The number of hydrogen-bond donors (Lipinski definition) is 3. The summed E-state index contributed by atoms with van der Waals surface area (Å²) in [4.78, 5) is 11.5. The molecule has 7 heteroatoms. The zero-order chi connectivity index (χ0) is 16.5. The van der Waals surface area contributed by atoms with Crippen LogP contribution in [-0.2, 0) is 10.0 Å². The standard InChI is InChI=1S/C14H22N2O4S/c1-13(2,14(3,4)18)16-21(19,20)11-8-6-10(7-9-11)12(17)15-5/h6-9,16,18H,1-5H3,(H,15,17). The summed E-state index contributed by atoms with van der Waals surface area (Å²) in [5, 5.41) is 12.5. The van der Waals surface area contributed by atoms with Crippen molar-refractivity contribution in [2.45, 2.75) is 43.7 Å². The highest BCUT2D eigenvalue weighted by Gasteiger charge is 2.38. The molecule has 0 unspecified atom stereocenters. The van der Waals surface area contributed by atoms with Crippen molar-refractivity contribution < 1.29 is 18.3 Å². The van der Waals surface area contributed by atoms with Crippen LogP contribution in [0.25, 0.3) is 0 Å². The van der Waals surface area contributed by atoms with E-state index in [0.717, 1.165) is 0 Å². The third-order valence-corrected chi connectivity index (χ3v) is 5.24. The van der Waals surface area contributed by atoms with E-state index in [0.29, 0.717) is 5.56 Å². The average molecular weight is 314 g/mol. The number of aliphatic hydroxyl groups is 1. The van der Waals surface area contributed by atoms with Gasteiger partial charge < -0.3 is 10.4 Å². The van der Waals surface area contributed by atoms with Gasteiger partial charge in [-0.05, 0) is 52.0 Å². The van der Waals surface area contributed by atoms with E-state index in [1.807, 2.05) is 0 Å². The number of sulfonamides is 1. The Labute approximate surface area is 125 Å². The Balaban J connectivity index is 3.07. The van der Waals surface area contributed by atoms with Crippen LogP contribution >= 0.6 is 0 Å². The molecule has 3 N–H and O–H groups in total. The Morgan fingerprint density at radius 1 is 1.10 bits per heavy atom. The first-order valence-electron chi connectivity index (χ1n) is 6.49. The molecule has 1 aromatic rings. The van der Waals surface area contributed by atoms with Crippen LogP contribution < -0.4 is 10.0 Å². The van der Waals surface area contributed by atoms with E-state index in [1.54, 1.807) is 13.8 Å². The van der Waals surface area contributed by atoms with Crippen molar-refractivity contribution in [1.82, 2.24) is 10.0 Å². The predicted molar refractivity (Wildman–Crippen MR) is 80.5 cm³/mol. The molecular formula is C14H22N2O4S. The minimum absolute atomic E-state index is 0.0347. The van der Waals surface area contributed by atoms with Crippen LogP contribution in [0.5, 0.6) is 0 Å². The quantitative estimate of drug-likeness (QED) is 0.751. The van der Waals surface area contributed by atoms with Gasteiger partial charge in [0.15, 0.2) is 0 Å². The van der Waals surface area contributed by atoms with Crippen molar-refractivity contribution in [1.29, 1.82) is 0 Å². The zero-order valence-electron chi connectivity index (χ0n) is 12.9. The van der Waals surface area contributed by atoms with E-state index < -0.39 is 21.2 Å². The third-order valence-electron chi connectivity index (χ3n) is 3.57. The summed E-state index contributed by atoms with van der Waals surface area (Å²) in [6.07, 6.45) is 0. The van der Waals surface area contributed by atoms with E-state index in [9.17, 15) is 18.3 Å². The monoisotopic (exact) mass is 314 g/mol. The number of carbonyl (C=O) groups excluding carboxylic acids is 1. The number of rotatable bonds is 5. The molecule has 0 bridgehead atoms. The highest BCUT2D eigenvalue weighted by atomic mass is 32.2. The van der Waals surface area contributed by atoms with Crippen LogP contribution in [0.15, 0.2) is 29.2 Å². The molecule has 0 atom stereocenters. The maximum Gasteiger partial charge on any atom is 0.251 e. The highest BCUT2D eigenvalue weighted by molar-refractivity contribution is 7.89. The highest BCUT2D eigenvalue weighted by Crippen LogP contribution is 2.23. The summed E-state index contributed by atoms with van der Waals surface area (Å²) < 4.78 is 27.1. The molecule has 6 nitrogen and oxygen atoms in total. The number of nitrogens with one attached hydrogen (secondary N) is 2. The molecule has 0 aliphatic rings. The van der Waals surface area contributed by atoms with Crippen LogP contribution in [0.3, 0.4) is 0 Å². The minimum Gasteiger partial charge on any atom is -0.389 e. The van der Waals surface area contributed by atoms with Crippen LogP contribution in [0.2, 0.25) is 0 Å². The van der Waals surface area contributed by atoms with E-state index in [4.69, 9.17) is 0 Å². The molecule has 0 saturated heterocycles. The topological polar surface area (TPSA) is 95.5 Å². The van der Waals surface area contributed by atoms with Gasteiger partial charge in [0.05, 0.1) is 16.0 Å². The van der Waals surface area contributed by atoms with Crippen LogP contribution in [0.1, 0.15) is 38.1 Å². The number of carbonyl (C=O) groups is 1. The van der Waals surface area contributed by atoms with E-state index in [2.05, 4.69) is 10.0 Å². The van der Waals surface area contributed by atoms with Gasteiger partial charge in [-0.25, -0.2) is 13.1 Å². The molecule has 1 aromatic carbocycles. The second-order valence-electron chi connectivity index (χ2n) is 5.89. The smallest absolute Gasteiger partial charge is 0.251 e. The normalized spacial score (nSPS) is 13.0. The van der Waals surface area contributed by atoms with Crippen molar-refractivity contribution >= 4 is 15.9 Å². The molecule has 0 heterocycles. The van der Waals surface area contributed by atoms with Gasteiger partial charge in [-0.15, -0.1) is 0 Å². The molecule has 0 aliphatic heterocycles. The second-order valence-corrected chi connectivity index (χ2v) is 7.58.